The fourth-order valence-corrected chi connectivity index (χ4v) is 3.24. The third kappa shape index (κ3) is 3.05. The van der Waals surface area contributed by atoms with Gasteiger partial charge in [0.05, 0.1) is 17.6 Å². The van der Waals surface area contributed by atoms with E-state index in [2.05, 4.69) is 0 Å². The Morgan fingerprint density at radius 1 is 1.04 bits per heavy atom. The summed E-state index contributed by atoms with van der Waals surface area (Å²) >= 11 is 0. The second kappa shape index (κ2) is 6.13. The summed E-state index contributed by atoms with van der Waals surface area (Å²) in [6, 6.07) is 13.6. The largest absolute Gasteiger partial charge is 0.497 e. The Labute approximate surface area is 140 Å². The molecule has 0 fully saturated rings. The van der Waals surface area contributed by atoms with Crippen molar-refractivity contribution >= 4 is 27.0 Å². The zero-order chi connectivity index (χ0) is 17.3. The monoisotopic (exact) mass is 344 g/mol. The molecule has 6 heteroatoms. The topological polar surface area (TPSA) is 69.7 Å². The minimum absolute atomic E-state index is 0.156. The van der Waals surface area contributed by atoms with E-state index in [0.29, 0.717) is 16.9 Å². The Morgan fingerprint density at radius 3 is 2.38 bits per heavy atom. The summed E-state index contributed by atoms with van der Waals surface area (Å²) in [4.78, 5) is 12.4. The first kappa shape index (κ1) is 16.3. The second-order valence-electron chi connectivity index (χ2n) is 5.46. The van der Waals surface area contributed by atoms with Gasteiger partial charge in [0.1, 0.15) is 12.4 Å². The minimum atomic E-state index is -3.26. The molecule has 1 heterocycles. The minimum Gasteiger partial charge on any atom is -0.497 e. The van der Waals surface area contributed by atoms with Crippen molar-refractivity contribution in [3.8, 4) is 5.75 Å². The molecule has 0 spiro atoms. The predicted octanol–water partition coefficient (Wildman–Crippen LogP) is 2.57. The molecular weight excluding hydrogens is 328 g/mol. The third-order valence-corrected chi connectivity index (χ3v) is 4.97. The third-order valence-electron chi connectivity index (χ3n) is 3.84. The number of cyclic esters (lactones) is 1. The second-order valence-corrected chi connectivity index (χ2v) is 7.47. The fraction of sp³-hybridized carbons (Fsp3) is 0.167. The van der Waals surface area contributed by atoms with Crippen LogP contribution in [0.25, 0.3) is 11.1 Å². The van der Waals surface area contributed by atoms with Gasteiger partial charge in [0.15, 0.2) is 9.84 Å². The SMILES string of the molecule is COc1cccc(C2=C(c3ccc(S(C)(=O)=O)cc3)COC2=O)c1. The van der Waals surface area contributed by atoms with Gasteiger partial charge in [-0.2, -0.15) is 0 Å². The molecule has 24 heavy (non-hydrogen) atoms. The van der Waals surface area contributed by atoms with Gasteiger partial charge in [-0.05, 0) is 35.4 Å². The van der Waals surface area contributed by atoms with E-state index in [1.54, 1.807) is 37.4 Å². The number of sulfone groups is 1. The Kier molecular flexibility index (Phi) is 4.15. The first-order valence-corrected chi connectivity index (χ1v) is 9.14. The number of ether oxygens (including phenoxy) is 2. The fourth-order valence-electron chi connectivity index (χ4n) is 2.61. The first-order chi connectivity index (χ1) is 11.4. The maximum absolute atomic E-state index is 12.2. The molecule has 0 atom stereocenters. The van der Waals surface area contributed by atoms with E-state index in [4.69, 9.17) is 9.47 Å². The molecule has 0 unspecified atom stereocenters. The maximum Gasteiger partial charge on any atom is 0.339 e. The quantitative estimate of drug-likeness (QED) is 0.797. The van der Waals surface area contributed by atoms with Crippen LogP contribution in [-0.4, -0.2) is 34.4 Å². The Bertz CT molecular complexity index is 924. The molecular formula is C18H16O5S. The number of hydrogen-bond donors (Lipinski definition) is 0. The standard InChI is InChI=1S/C18H16O5S/c1-22-14-5-3-4-13(10-14)17-16(11-23-18(17)19)12-6-8-15(9-7-12)24(2,20)21/h3-10H,11H2,1-2H3. The molecule has 2 aromatic rings. The summed E-state index contributed by atoms with van der Waals surface area (Å²) in [5, 5.41) is 0. The molecule has 0 radical (unpaired) electrons. The van der Waals surface area contributed by atoms with Gasteiger partial charge in [0, 0.05) is 11.8 Å². The molecule has 0 aromatic heterocycles. The predicted molar refractivity (Wildman–Crippen MR) is 90.3 cm³/mol. The normalized spacial score (nSPS) is 14.7. The highest BCUT2D eigenvalue weighted by atomic mass is 32.2. The van der Waals surface area contributed by atoms with E-state index in [9.17, 15) is 13.2 Å². The van der Waals surface area contributed by atoms with Crippen LogP contribution in [0.4, 0.5) is 0 Å². The molecule has 0 N–H and O–H groups in total. The highest BCUT2D eigenvalue weighted by Crippen LogP contribution is 2.34. The van der Waals surface area contributed by atoms with Crippen LogP contribution in [0.3, 0.4) is 0 Å². The van der Waals surface area contributed by atoms with Gasteiger partial charge >= 0.3 is 5.97 Å². The molecule has 2 aromatic carbocycles. The van der Waals surface area contributed by atoms with E-state index in [1.165, 1.54) is 12.1 Å². The van der Waals surface area contributed by atoms with Gasteiger partial charge in [-0.25, -0.2) is 13.2 Å². The number of esters is 1. The lowest BCUT2D eigenvalue weighted by atomic mass is 9.96. The molecule has 0 aliphatic carbocycles. The molecule has 0 bridgehead atoms. The average Bonchev–Trinajstić information content (AvgIpc) is 2.96. The lowest BCUT2D eigenvalue weighted by Gasteiger charge is -2.07. The number of carbonyl (C=O) groups is 1. The van der Waals surface area contributed by atoms with Gasteiger partial charge in [-0.15, -0.1) is 0 Å². The van der Waals surface area contributed by atoms with Crippen LogP contribution in [0.5, 0.6) is 5.75 Å². The maximum atomic E-state index is 12.2. The van der Waals surface area contributed by atoms with E-state index in [-0.39, 0.29) is 11.5 Å². The number of methoxy groups -OCH3 is 1. The van der Waals surface area contributed by atoms with Crippen LogP contribution in [0.2, 0.25) is 0 Å². The van der Waals surface area contributed by atoms with E-state index < -0.39 is 15.8 Å². The van der Waals surface area contributed by atoms with Gasteiger partial charge in [0.2, 0.25) is 0 Å². The zero-order valence-corrected chi connectivity index (χ0v) is 14.1. The van der Waals surface area contributed by atoms with Crippen LogP contribution in [0, 0.1) is 0 Å². The number of hydrogen-bond acceptors (Lipinski definition) is 5. The summed E-state index contributed by atoms with van der Waals surface area (Å²) < 4.78 is 33.5. The number of carbonyl (C=O) groups excluding carboxylic acids is 1. The first-order valence-electron chi connectivity index (χ1n) is 7.25. The highest BCUT2D eigenvalue weighted by Gasteiger charge is 2.27. The number of rotatable bonds is 4. The lowest BCUT2D eigenvalue weighted by Crippen LogP contribution is -1.99. The van der Waals surface area contributed by atoms with Crippen LogP contribution >= 0.6 is 0 Å². The summed E-state index contributed by atoms with van der Waals surface area (Å²) in [6.45, 7) is 0.156. The Hall–Kier alpha value is -2.60. The average molecular weight is 344 g/mol. The van der Waals surface area contributed by atoms with E-state index >= 15 is 0 Å². The van der Waals surface area contributed by atoms with Crippen molar-refractivity contribution in [2.75, 3.05) is 20.0 Å². The molecule has 0 amide bonds. The smallest absolute Gasteiger partial charge is 0.339 e. The van der Waals surface area contributed by atoms with Gasteiger partial charge in [-0.3, -0.25) is 0 Å². The molecule has 1 aliphatic rings. The zero-order valence-electron chi connectivity index (χ0n) is 13.3. The summed E-state index contributed by atoms with van der Waals surface area (Å²) in [6.07, 6.45) is 1.16. The van der Waals surface area contributed by atoms with Crippen LogP contribution in [0.1, 0.15) is 11.1 Å². The number of benzene rings is 2. The molecule has 5 nitrogen and oxygen atoms in total. The lowest BCUT2D eigenvalue weighted by molar-refractivity contribution is -0.133. The van der Waals surface area contributed by atoms with Gasteiger partial charge in [0.25, 0.3) is 0 Å². The highest BCUT2D eigenvalue weighted by molar-refractivity contribution is 7.90. The molecule has 0 saturated heterocycles. The summed E-state index contributed by atoms with van der Waals surface area (Å²) in [7, 11) is -1.70. The van der Waals surface area contributed by atoms with Crippen molar-refractivity contribution in [2.45, 2.75) is 4.90 Å². The van der Waals surface area contributed by atoms with Crippen molar-refractivity contribution in [3.63, 3.8) is 0 Å². The Morgan fingerprint density at radius 2 is 1.75 bits per heavy atom. The van der Waals surface area contributed by atoms with Crippen molar-refractivity contribution < 1.29 is 22.7 Å². The molecule has 0 saturated carbocycles. The molecule has 1 aliphatic heterocycles. The van der Waals surface area contributed by atoms with Crippen LogP contribution in [0.15, 0.2) is 53.4 Å². The van der Waals surface area contributed by atoms with Gasteiger partial charge < -0.3 is 9.47 Å². The van der Waals surface area contributed by atoms with Gasteiger partial charge in [-0.1, -0.05) is 24.3 Å². The summed E-state index contributed by atoms with van der Waals surface area (Å²) in [5.74, 6) is 0.247. The van der Waals surface area contributed by atoms with E-state index in [1.807, 2.05) is 6.07 Å². The van der Waals surface area contributed by atoms with E-state index in [0.717, 1.165) is 17.4 Å². The van der Waals surface area contributed by atoms with Crippen LogP contribution < -0.4 is 4.74 Å². The van der Waals surface area contributed by atoms with Crippen molar-refractivity contribution in [1.29, 1.82) is 0 Å². The van der Waals surface area contributed by atoms with Crippen molar-refractivity contribution in [3.05, 3.63) is 59.7 Å². The molecule has 3 rings (SSSR count). The van der Waals surface area contributed by atoms with Crippen molar-refractivity contribution in [1.82, 2.24) is 0 Å². The van der Waals surface area contributed by atoms with Crippen molar-refractivity contribution in [2.24, 2.45) is 0 Å². The Balaban J connectivity index is 2.09. The summed E-state index contributed by atoms with van der Waals surface area (Å²) in [5.41, 5.74) is 2.67. The van der Waals surface area contributed by atoms with Crippen LogP contribution in [-0.2, 0) is 19.4 Å². The molecule has 124 valence electrons.